The van der Waals surface area contributed by atoms with E-state index in [2.05, 4.69) is 33.3 Å². The Hall–Kier alpha value is -1.29. The van der Waals surface area contributed by atoms with E-state index in [1.807, 2.05) is 18.5 Å². The lowest BCUT2D eigenvalue weighted by Crippen LogP contribution is -2.39. The van der Waals surface area contributed by atoms with Gasteiger partial charge in [0.15, 0.2) is 0 Å². The average molecular weight is 248 g/mol. The fraction of sp³-hybridized carbons (Fsp3) is 0.643. The molecule has 1 fully saturated rings. The molecule has 2 rings (SSSR count). The van der Waals surface area contributed by atoms with Crippen LogP contribution in [0.3, 0.4) is 0 Å². The van der Waals surface area contributed by atoms with Crippen molar-refractivity contribution in [2.24, 2.45) is 0 Å². The van der Waals surface area contributed by atoms with E-state index in [-0.39, 0.29) is 0 Å². The topological polar surface area (TPSA) is 33.1 Å². The molecule has 1 aliphatic rings. The van der Waals surface area contributed by atoms with E-state index in [0.29, 0.717) is 6.04 Å². The number of nitrogens with one attached hydrogen (secondary N) is 1. The van der Waals surface area contributed by atoms with Crippen LogP contribution >= 0.6 is 0 Å². The van der Waals surface area contributed by atoms with Crippen molar-refractivity contribution in [3.8, 4) is 0 Å². The Bertz CT molecular complexity index is 364. The highest BCUT2D eigenvalue weighted by molar-refractivity contribution is 5.28. The Labute approximate surface area is 110 Å². The number of rotatable bonds is 6. The summed E-state index contributed by atoms with van der Waals surface area (Å²) in [4.78, 5) is 6.92. The van der Waals surface area contributed by atoms with Crippen molar-refractivity contribution < 1.29 is 0 Å². The number of hydrogen-bond donors (Lipinski definition) is 1. The first kappa shape index (κ1) is 13.1. The van der Waals surface area contributed by atoms with Crippen LogP contribution in [-0.2, 0) is 6.54 Å². The van der Waals surface area contributed by atoms with Crippen molar-refractivity contribution >= 4 is 5.95 Å². The molecule has 0 spiro atoms. The molecule has 2 heterocycles. The minimum Gasteiger partial charge on any atom is -0.353 e. The lowest BCUT2D eigenvalue weighted by atomic mass is 10.1. The van der Waals surface area contributed by atoms with Crippen molar-refractivity contribution in [3.63, 3.8) is 0 Å². The van der Waals surface area contributed by atoms with Crippen LogP contribution in [0, 0.1) is 0 Å². The van der Waals surface area contributed by atoms with Crippen LogP contribution in [0.5, 0.6) is 0 Å². The van der Waals surface area contributed by atoms with Gasteiger partial charge in [0.1, 0.15) is 0 Å². The molecule has 1 N–H and O–H groups in total. The van der Waals surface area contributed by atoms with Gasteiger partial charge in [0.05, 0.1) is 0 Å². The van der Waals surface area contributed by atoms with Crippen LogP contribution < -0.4 is 5.32 Å². The normalized spacial score (nSPS) is 17.8. The monoisotopic (exact) mass is 248 g/mol. The minimum absolute atomic E-state index is 0.559. The molecule has 18 heavy (non-hydrogen) atoms. The van der Waals surface area contributed by atoms with E-state index < -0.39 is 0 Å². The summed E-state index contributed by atoms with van der Waals surface area (Å²) in [6, 6.07) is 0.559. The van der Waals surface area contributed by atoms with Crippen LogP contribution in [0.1, 0.15) is 26.2 Å². The van der Waals surface area contributed by atoms with Gasteiger partial charge in [-0.3, -0.25) is 0 Å². The molecular weight excluding hydrogens is 224 g/mol. The smallest absolute Gasteiger partial charge is 0.203 e. The molecule has 4 nitrogen and oxygen atoms in total. The van der Waals surface area contributed by atoms with Gasteiger partial charge in [-0.05, 0) is 25.8 Å². The molecule has 1 aromatic rings. The van der Waals surface area contributed by atoms with Crippen LogP contribution in [-0.4, -0.2) is 40.1 Å². The largest absolute Gasteiger partial charge is 0.353 e. The number of nitrogens with zero attached hydrogens (tertiary/aromatic N) is 3. The summed E-state index contributed by atoms with van der Waals surface area (Å²) in [7, 11) is 0. The molecule has 0 saturated carbocycles. The van der Waals surface area contributed by atoms with Crippen LogP contribution in [0.15, 0.2) is 25.0 Å². The molecule has 0 atom stereocenters. The van der Waals surface area contributed by atoms with E-state index in [0.717, 1.165) is 12.5 Å². The van der Waals surface area contributed by atoms with E-state index in [1.165, 1.54) is 38.9 Å². The van der Waals surface area contributed by atoms with Crippen LogP contribution in [0.4, 0.5) is 5.95 Å². The Morgan fingerprint density at radius 3 is 2.94 bits per heavy atom. The number of hydrogen-bond acceptors (Lipinski definition) is 3. The highest BCUT2D eigenvalue weighted by atomic mass is 15.2. The lowest BCUT2D eigenvalue weighted by molar-refractivity contribution is 0.219. The summed E-state index contributed by atoms with van der Waals surface area (Å²) < 4.78 is 2.10. The Kier molecular flexibility index (Phi) is 4.81. The summed E-state index contributed by atoms with van der Waals surface area (Å²) in [6.07, 6.45) is 9.41. The van der Waals surface area contributed by atoms with Crippen molar-refractivity contribution in [2.75, 3.05) is 25.0 Å². The van der Waals surface area contributed by atoms with Crippen molar-refractivity contribution in [1.29, 1.82) is 0 Å². The summed E-state index contributed by atoms with van der Waals surface area (Å²) in [5.41, 5.74) is 0. The SMILES string of the molecule is C=CCn1ccnc1NC1CCN(CCC)CC1. The van der Waals surface area contributed by atoms with Crippen LogP contribution in [0.25, 0.3) is 0 Å². The maximum absolute atomic E-state index is 4.37. The van der Waals surface area contributed by atoms with E-state index in [1.54, 1.807) is 0 Å². The number of anilines is 1. The van der Waals surface area contributed by atoms with Gasteiger partial charge in [0.2, 0.25) is 5.95 Å². The summed E-state index contributed by atoms with van der Waals surface area (Å²) in [6.45, 7) is 10.5. The van der Waals surface area contributed by atoms with Crippen molar-refractivity contribution in [2.45, 2.75) is 38.8 Å². The standard InChI is InChI=1S/C14H24N4/c1-3-8-17-10-5-13(6-11-17)16-14-15-7-12-18(14)9-4-2/h4,7,12-13H,2-3,5-6,8-11H2,1H3,(H,15,16). The fourth-order valence-corrected chi connectivity index (χ4v) is 2.54. The van der Waals surface area contributed by atoms with Gasteiger partial charge in [-0.1, -0.05) is 13.0 Å². The summed E-state index contributed by atoms with van der Waals surface area (Å²) in [5.74, 6) is 0.976. The molecule has 1 aromatic heterocycles. The maximum Gasteiger partial charge on any atom is 0.203 e. The minimum atomic E-state index is 0.559. The number of aromatic nitrogens is 2. The highest BCUT2D eigenvalue weighted by Gasteiger charge is 2.19. The van der Waals surface area contributed by atoms with Gasteiger partial charge in [0.25, 0.3) is 0 Å². The number of imidazole rings is 1. The molecule has 1 saturated heterocycles. The second-order valence-corrected chi connectivity index (χ2v) is 4.95. The third-order valence-corrected chi connectivity index (χ3v) is 3.50. The third kappa shape index (κ3) is 3.35. The molecule has 0 amide bonds. The second-order valence-electron chi connectivity index (χ2n) is 4.95. The highest BCUT2D eigenvalue weighted by Crippen LogP contribution is 2.15. The maximum atomic E-state index is 4.37. The predicted molar refractivity (Wildman–Crippen MR) is 75.8 cm³/mol. The number of piperidine rings is 1. The van der Waals surface area contributed by atoms with Gasteiger partial charge in [-0.15, -0.1) is 6.58 Å². The van der Waals surface area contributed by atoms with Gasteiger partial charge < -0.3 is 14.8 Å². The molecule has 100 valence electrons. The van der Waals surface area contributed by atoms with E-state index in [4.69, 9.17) is 0 Å². The van der Waals surface area contributed by atoms with Gasteiger partial charge >= 0.3 is 0 Å². The molecule has 4 heteroatoms. The van der Waals surface area contributed by atoms with Crippen molar-refractivity contribution in [1.82, 2.24) is 14.5 Å². The fourth-order valence-electron chi connectivity index (χ4n) is 2.54. The predicted octanol–water partition coefficient (Wildman–Crippen LogP) is 2.36. The first-order valence-corrected chi connectivity index (χ1v) is 6.94. The molecule has 1 aliphatic heterocycles. The van der Waals surface area contributed by atoms with Gasteiger partial charge in [0, 0.05) is 38.1 Å². The van der Waals surface area contributed by atoms with E-state index in [9.17, 15) is 0 Å². The molecule has 0 aliphatic carbocycles. The first-order valence-electron chi connectivity index (χ1n) is 6.94. The third-order valence-electron chi connectivity index (χ3n) is 3.50. The Balaban J connectivity index is 1.83. The Morgan fingerprint density at radius 2 is 2.28 bits per heavy atom. The molecule has 0 bridgehead atoms. The molecular formula is C14H24N4. The van der Waals surface area contributed by atoms with Gasteiger partial charge in [-0.2, -0.15) is 0 Å². The molecule has 0 aromatic carbocycles. The quantitative estimate of drug-likeness (QED) is 0.785. The van der Waals surface area contributed by atoms with Crippen LogP contribution in [0.2, 0.25) is 0 Å². The number of allylic oxidation sites excluding steroid dienone is 1. The zero-order chi connectivity index (χ0) is 12.8. The van der Waals surface area contributed by atoms with Crippen molar-refractivity contribution in [3.05, 3.63) is 25.0 Å². The molecule has 0 unspecified atom stereocenters. The first-order chi connectivity index (χ1) is 8.83. The summed E-state index contributed by atoms with van der Waals surface area (Å²) >= 11 is 0. The second kappa shape index (κ2) is 6.59. The molecule has 0 radical (unpaired) electrons. The lowest BCUT2D eigenvalue weighted by Gasteiger charge is -2.32. The zero-order valence-corrected chi connectivity index (χ0v) is 11.3. The zero-order valence-electron chi connectivity index (χ0n) is 11.3. The van der Waals surface area contributed by atoms with Gasteiger partial charge in [-0.25, -0.2) is 4.98 Å². The number of likely N-dealkylation sites (tertiary alicyclic amines) is 1. The Morgan fingerprint density at radius 1 is 1.50 bits per heavy atom. The summed E-state index contributed by atoms with van der Waals surface area (Å²) in [5, 5.41) is 3.55. The average Bonchev–Trinajstić information content (AvgIpc) is 2.80. The van der Waals surface area contributed by atoms with E-state index >= 15 is 0 Å².